The number of rotatable bonds is 4. The minimum Gasteiger partial charge on any atom is -0.313 e. The summed E-state index contributed by atoms with van der Waals surface area (Å²) >= 11 is 0. The van der Waals surface area contributed by atoms with Crippen molar-refractivity contribution in [3.63, 3.8) is 0 Å². The molecule has 1 aromatic rings. The average Bonchev–Trinajstić information content (AvgIpc) is 2.57. The van der Waals surface area contributed by atoms with Gasteiger partial charge in [-0.3, -0.25) is 0 Å². The van der Waals surface area contributed by atoms with Crippen molar-refractivity contribution in [3.05, 3.63) is 35.4 Å². The highest BCUT2D eigenvalue weighted by Gasteiger charge is 2.27. The van der Waals surface area contributed by atoms with E-state index in [9.17, 15) is 0 Å². The van der Waals surface area contributed by atoms with Gasteiger partial charge < -0.3 is 5.32 Å². The fraction of sp³-hybridized carbons (Fsp3) is 0.647. The second kappa shape index (κ2) is 6.38. The Bertz CT molecular complexity index is 372. The summed E-state index contributed by atoms with van der Waals surface area (Å²) < 4.78 is 0. The Hall–Kier alpha value is -0.820. The first-order chi connectivity index (χ1) is 8.76. The van der Waals surface area contributed by atoms with Gasteiger partial charge in [-0.25, -0.2) is 0 Å². The van der Waals surface area contributed by atoms with E-state index < -0.39 is 0 Å². The molecular formula is C17H27N. The Balaban J connectivity index is 2.22. The zero-order valence-electron chi connectivity index (χ0n) is 12.1. The third-order valence-electron chi connectivity index (χ3n) is 4.60. The van der Waals surface area contributed by atoms with E-state index in [1.807, 2.05) is 0 Å². The molecule has 0 aromatic heterocycles. The second-order valence-electron chi connectivity index (χ2n) is 5.87. The predicted molar refractivity (Wildman–Crippen MR) is 78.7 cm³/mol. The molecular weight excluding hydrogens is 218 g/mol. The molecule has 0 aliphatic heterocycles. The van der Waals surface area contributed by atoms with Crippen molar-refractivity contribution < 1.29 is 0 Å². The zero-order valence-corrected chi connectivity index (χ0v) is 12.1. The van der Waals surface area contributed by atoms with Crippen LogP contribution in [-0.4, -0.2) is 7.05 Å². The Morgan fingerprint density at radius 2 is 2.11 bits per heavy atom. The maximum Gasteiger partial charge on any atom is 0.0348 e. The minimum atomic E-state index is 0.553. The Morgan fingerprint density at radius 1 is 1.33 bits per heavy atom. The topological polar surface area (TPSA) is 12.0 Å². The van der Waals surface area contributed by atoms with Gasteiger partial charge in [-0.2, -0.15) is 0 Å². The summed E-state index contributed by atoms with van der Waals surface area (Å²) in [5.74, 6) is 1.64. The lowest BCUT2D eigenvalue weighted by molar-refractivity contribution is 0.290. The van der Waals surface area contributed by atoms with Crippen molar-refractivity contribution in [2.75, 3.05) is 7.05 Å². The van der Waals surface area contributed by atoms with E-state index in [1.165, 1.54) is 32.1 Å². The van der Waals surface area contributed by atoms with Gasteiger partial charge >= 0.3 is 0 Å². The van der Waals surface area contributed by atoms with E-state index in [2.05, 4.69) is 50.5 Å². The molecule has 18 heavy (non-hydrogen) atoms. The van der Waals surface area contributed by atoms with Crippen molar-refractivity contribution in [3.8, 4) is 0 Å². The van der Waals surface area contributed by atoms with Crippen LogP contribution in [-0.2, 0) is 6.42 Å². The summed E-state index contributed by atoms with van der Waals surface area (Å²) in [6.07, 6.45) is 6.62. The van der Waals surface area contributed by atoms with E-state index in [4.69, 9.17) is 0 Å². The van der Waals surface area contributed by atoms with Gasteiger partial charge in [0, 0.05) is 6.04 Å². The minimum absolute atomic E-state index is 0.553. The number of benzene rings is 1. The van der Waals surface area contributed by atoms with Crippen LogP contribution in [0.15, 0.2) is 24.3 Å². The normalized spacial score (nSPS) is 25.3. The van der Waals surface area contributed by atoms with Gasteiger partial charge in [-0.15, -0.1) is 0 Å². The lowest BCUT2D eigenvalue weighted by Gasteiger charge is -2.28. The third-order valence-corrected chi connectivity index (χ3v) is 4.60. The van der Waals surface area contributed by atoms with Crippen LogP contribution in [0, 0.1) is 11.8 Å². The summed E-state index contributed by atoms with van der Waals surface area (Å²) in [4.78, 5) is 0. The smallest absolute Gasteiger partial charge is 0.0348 e. The van der Waals surface area contributed by atoms with Crippen molar-refractivity contribution in [1.82, 2.24) is 5.32 Å². The number of nitrogens with one attached hydrogen (secondary N) is 1. The van der Waals surface area contributed by atoms with Gasteiger partial charge in [0.2, 0.25) is 0 Å². The molecule has 1 aliphatic rings. The van der Waals surface area contributed by atoms with Crippen molar-refractivity contribution in [1.29, 1.82) is 0 Å². The summed E-state index contributed by atoms with van der Waals surface area (Å²) in [5, 5.41) is 3.58. The molecule has 0 spiro atoms. The molecule has 0 radical (unpaired) electrons. The lowest BCUT2D eigenvalue weighted by Crippen LogP contribution is -2.26. The van der Waals surface area contributed by atoms with Gasteiger partial charge in [0.1, 0.15) is 0 Å². The average molecular weight is 245 g/mol. The van der Waals surface area contributed by atoms with Crippen LogP contribution in [0.25, 0.3) is 0 Å². The van der Waals surface area contributed by atoms with Gasteiger partial charge in [0.25, 0.3) is 0 Å². The maximum atomic E-state index is 3.58. The first-order valence-electron chi connectivity index (χ1n) is 7.51. The largest absolute Gasteiger partial charge is 0.313 e. The first-order valence-corrected chi connectivity index (χ1v) is 7.51. The van der Waals surface area contributed by atoms with Crippen LogP contribution in [0.2, 0.25) is 0 Å². The SMILES string of the molecule is CCC(C)CC1CCCc2ccccc2C1NC. The molecule has 3 unspecified atom stereocenters. The van der Waals surface area contributed by atoms with E-state index in [1.54, 1.807) is 11.1 Å². The van der Waals surface area contributed by atoms with E-state index >= 15 is 0 Å². The monoisotopic (exact) mass is 245 g/mol. The maximum absolute atomic E-state index is 3.58. The van der Waals surface area contributed by atoms with Gasteiger partial charge in [-0.05, 0) is 55.7 Å². The molecule has 0 heterocycles. The molecule has 3 atom stereocenters. The van der Waals surface area contributed by atoms with E-state index in [0.29, 0.717) is 6.04 Å². The summed E-state index contributed by atoms with van der Waals surface area (Å²) in [6.45, 7) is 4.70. The molecule has 0 fully saturated rings. The third kappa shape index (κ3) is 2.95. The van der Waals surface area contributed by atoms with Gasteiger partial charge in [0.15, 0.2) is 0 Å². The Labute approximate surface area is 112 Å². The highest BCUT2D eigenvalue weighted by atomic mass is 14.9. The Kier molecular flexibility index (Phi) is 4.82. The highest BCUT2D eigenvalue weighted by molar-refractivity contribution is 5.31. The van der Waals surface area contributed by atoms with Crippen LogP contribution in [0.1, 0.15) is 56.7 Å². The van der Waals surface area contributed by atoms with Crippen LogP contribution in [0.3, 0.4) is 0 Å². The first kappa shape index (κ1) is 13.6. The van der Waals surface area contributed by atoms with Gasteiger partial charge in [0.05, 0.1) is 0 Å². The molecule has 1 aromatic carbocycles. The molecule has 1 N–H and O–H groups in total. The lowest BCUT2D eigenvalue weighted by atomic mass is 9.83. The van der Waals surface area contributed by atoms with Crippen LogP contribution >= 0.6 is 0 Å². The molecule has 0 amide bonds. The van der Waals surface area contributed by atoms with Crippen molar-refractivity contribution in [2.24, 2.45) is 11.8 Å². The fourth-order valence-electron chi connectivity index (χ4n) is 3.37. The Morgan fingerprint density at radius 3 is 2.83 bits per heavy atom. The number of fused-ring (bicyclic) bond motifs is 1. The molecule has 0 saturated heterocycles. The molecule has 1 nitrogen and oxygen atoms in total. The quantitative estimate of drug-likeness (QED) is 0.778. The summed E-state index contributed by atoms with van der Waals surface area (Å²) in [6, 6.07) is 9.56. The van der Waals surface area contributed by atoms with Crippen molar-refractivity contribution in [2.45, 2.75) is 52.0 Å². The highest BCUT2D eigenvalue weighted by Crippen LogP contribution is 2.36. The number of hydrogen-bond donors (Lipinski definition) is 1. The standard InChI is InChI=1S/C17H27N/c1-4-13(2)12-15-10-7-9-14-8-5-6-11-16(14)17(15)18-3/h5-6,8,11,13,15,17-18H,4,7,9-10,12H2,1-3H3. The van der Waals surface area contributed by atoms with Crippen LogP contribution in [0.5, 0.6) is 0 Å². The number of aryl methyl sites for hydroxylation is 1. The zero-order chi connectivity index (χ0) is 13.0. The summed E-state index contributed by atoms with van der Waals surface area (Å²) in [7, 11) is 2.12. The molecule has 0 saturated carbocycles. The molecule has 1 heteroatoms. The van der Waals surface area contributed by atoms with Crippen LogP contribution in [0.4, 0.5) is 0 Å². The number of hydrogen-bond acceptors (Lipinski definition) is 1. The summed E-state index contributed by atoms with van der Waals surface area (Å²) in [5.41, 5.74) is 3.11. The molecule has 100 valence electrons. The van der Waals surface area contributed by atoms with E-state index in [0.717, 1.165) is 11.8 Å². The van der Waals surface area contributed by atoms with E-state index in [-0.39, 0.29) is 0 Å². The van der Waals surface area contributed by atoms with Gasteiger partial charge in [-0.1, -0.05) is 44.5 Å². The molecule has 2 rings (SSSR count). The predicted octanol–water partition coefficient (Wildman–Crippen LogP) is 4.34. The molecule has 0 bridgehead atoms. The molecule has 1 aliphatic carbocycles. The second-order valence-corrected chi connectivity index (χ2v) is 5.87. The fourth-order valence-corrected chi connectivity index (χ4v) is 3.37. The van der Waals surface area contributed by atoms with Crippen molar-refractivity contribution >= 4 is 0 Å². The van der Waals surface area contributed by atoms with Crippen LogP contribution < -0.4 is 5.32 Å².